The summed E-state index contributed by atoms with van der Waals surface area (Å²) in [6.07, 6.45) is -3.84. The average Bonchev–Trinajstić information content (AvgIpc) is 2.69. The largest absolute Gasteiger partial charge is 0.507 e. The molecule has 2 aromatic carbocycles. The van der Waals surface area contributed by atoms with E-state index in [2.05, 4.69) is 10.3 Å². The highest BCUT2D eigenvalue weighted by atomic mass is 35.5. The van der Waals surface area contributed by atoms with Gasteiger partial charge in [0.05, 0.1) is 27.2 Å². The third-order valence-electron chi connectivity index (χ3n) is 4.58. The van der Waals surface area contributed by atoms with Crippen molar-refractivity contribution in [3.63, 3.8) is 0 Å². The summed E-state index contributed by atoms with van der Waals surface area (Å²) in [5.41, 5.74) is -1.86. The lowest BCUT2D eigenvalue weighted by atomic mass is 9.96. The van der Waals surface area contributed by atoms with Crippen LogP contribution in [0.5, 0.6) is 5.75 Å². The van der Waals surface area contributed by atoms with Gasteiger partial charge in [-0.2, -0.15) is 13.2 Å². The summed E-state index contributed by atoms with van der Waals surface area (Å²) >= 11 is 11.9. The Morgan fingerprint density at radius 2 is 1.81 bits per heavy atom. The van der Waals surface area contributed by atoms with Gasteiger partial charge < -0.3 is 15.4 Å². The second kappa shape index (κ2) is 9.22. The van der Waals surface area contributed by atoms with Crippen molar-refractivity contribution >= 4 is 29.1 Å². The number of alkyl halides is 3. The zero-order valence-corrected chi connectivity index (χ0v) is 17.4. The van der Waals surface area contributed by atoms with Gasteiger partial charge >= 0.3 is 6.18 Å². The molecule has 3 rings (SSSR count). The quantitative estimate of drug-likeness (QED) is 0.428. The van der Waals surface area contributed by atoms with E-state index in [-0.39, 0.29) is 27.6 Å². The molecule has 0 aliphatic rings. The molecule has 0 aliphatic carbocycles. The lowest BCUT2D eigenvalue weighted by Gasteiger charge is -2.21. The normalized spacial score (nSPS) is 12.4. The lowest BCUT2D eigenvalue weighted by Crippen LogP contribution is -2.31. The van der Waals surface area contributed by atoms with Gasteiger partial charge in [0.15, 0.2) is 0 Å². The summed E-state index contributed by atoms with van der Waals surface area (Å²) in [7, 11) is 0. The van der Waals surface area contributed by atoms with Crippen molar-refractivity contribution in [1.29, 1.82) is 0 Å². The molecule has 1 amide bonds. The Kier molecular flexibility index (Phi) is 6.80. The maximum absolute atomic E-state index is 14.7. The Labute approximate surface area is 188 Å². The van der Waals surface area contributed by atoms with Gasteiger partial charge in [0.1, 0.15) is 11.6 Å². The van der Waals surface area contributed by atoms with E-state index in [9.17, 15) is 32.3 Å². The molecule has 0 saturated heterocycles. The van der Waals surface area contributed by atoms with E-state index in [4.69, 9.17) is 23.2 Å². The number of rotatable bonds is 5. The fourth-order valence-corrected chi connectivity index (χ4v) is 3.33. The van der Waals surface area contributed by atoms with E-state index in [1.54, 1.807) is 6.07 Å². The number of hydrogen-bond acceptors (Lipinski definition) is 3. The van der Waals surface area contributed by atoms with E-state index in [1.807, 2.05) is 0 Å². The number of benzene rings is 2. The number of hydrogen-bond donors (Lipinski definition) is 3. The van der Waals surface area contributed by atoms with Crippen LogP contribution in [0.15, 0.2) is 53.5 Å². The Bertz CT molecular complexity index is 1230. The van der Waals surface area contributed by atoms with Crippen LogP contribution in [0.2, 0.25) is 10.0 Å². The summed E-state index contributed by atoms with van der Waals surface area (Å²) in [6.45, 7) is 0. The number of aromatic nitrogens is 1. The maximum Gasteiger partial charge on any atom is 0.416 e. The summed E-state index contributed by atoms with van der Waals surface area (Å²) < 4.78 is 53.4. The van der Waals surface area contributed by atoms with Crippen molar-refractivity contribution in [3.8, 4) is 5.75 Å². The Morgan fingerprint density at radius 1 is 1.09 bits per heavy atom. The predicted octanol–water partition coefficient (Wildman–Crippen LogP) is 5.26. The molecular formula is C21H14Cl2F4N2O3. The molecule has 168 valence electrons. The van der Waals surface area contributed by atoms with Crippen molar-refractivity contribution in [1.82, 2.24) is 10.3 Å². The fraction of sp³-hybridized carbons (Fsp3) is 0.143. The smallest absolute Gasteiger partial charge is 0.416 e. The van der Waals surface area contributed by atoms with Crippen molar-refractivity contribution in [3.05, 3.63) is 97.1 Å². The lowest BCUT2D eigenvalue weighted by molar-refractivity contribution is -0.137. The van der Waals surface area contributed by atoms with Crippen LogP contribution in [0.25, 0.3) is 0 Å². The van der Waals surface area contributed by atoms with Crippen LogP contribution in [0, 0.1) is 5.82 Å². The molecule has 1 unspecified atom stereocenters. The highest BCUT2D eigenvalue weighted by Crippen LogP contribution is 2.33. The van der Waals surface area contributed by atoms with Crippen LogP contribution >= 0.6 is 23.2 Å². The third-order valence-corrected chi connectivity index (χ3v) is 5.32. The van der Waals surface area contributed by atoms with Gasteiger partial charge in [0.2, 0.25) is 0 Å². The number of pyridine rings is 1. The number of carbonyl (C=O) groups excluding carboxylic acids is 1. The van der Waals surface area contributed by atoms with Crippen molar-refractivity contribution in [2.24, 2.45) is 0 Å². The second-order valence-corrected chi connectivity index (χ2v) is 7.62. The van der Waals surface area contributed by atoms with Gasteiger partial charge in [-0.05, 0) is 36.2 Å². The highest BCUT2D eigenvalue weighted by molar-refractivity contribution is 6.42. The Balaban J connectivity index is 2.00. The number of nitrogens with one attached hydrogen (secondary N) is 2. The van der Waals surface area contributed by atoms with Crippen LogP contribution in [0.3, 0.4) is 0 Å². The first-order valence-electron chi connectivity index (χ1n) is 8.99. The zero-order chi connectivity index (χ0) is 23.6. The number of aromatic amines is 1. The SMILES string of the molecule is O=C(NC(Cc1ccc(Cl)c(Cl)c1)c1ccc(C(F)(F)F)cc1F)c1c[nH]c(=O)cc1O. The van der Waals surface area contributed by atoms with Gasteiger partial charge in [-0.1, -0.05) is 35.3 Å². The van der Waals surface area contributed by atoms with Gasteiger partial charge in [-0.25, -0.2) is 4.39 Å². The minimum absolute atomic E-state index is 0.0605. The highest BCUT2D eigenvalue weighted by Gasteiger charge is 2.32. The zero-order valence-electron chi connectivity index (χ0n) is 15.9. The molecule has 0 spiro atoms. The molecule has 3 N–H and O–H groups in total. The average molecular weight is 489 g/mol. The third kappa shape index (κ3) is 5.41. The van der Waals surface area contributed by atoms with Gasteiger partial charge in [0.25, 0.3) is 11.5 Å². The fourth-order valence-electron chi connectivity index (χ4n) is 3.01. The van der Waals surface area contributed by atoms with E-state index in [0.717, 1.165) is 18.3 Å². The molecule has 1 aromatic heterocycles. The number of halogens is 6. The van der Waals surface area contributed by atoms with Gasteiger partial charge in [-0.3, -0.25) is 9.59 Å². The van der Waals surface area contributed by atoms with Gasteiger partial charge in [0, 0.05) is 17.8 Å². The monoisotopic (exact) mass is 488 g/mol. The Morgan fingerprint density at radius 3 is 2.41 bits per heavy atom. The van der Waals surface area contributed by atoms with E-state index < -0.39 is 40.8 Å². The van der Waals surface area contributed by atoms with E-state index >= 15 is 0 Å². The summed E-state index contributed by atoms with van der Waals surface area (Å²) in [5, 5.41) is 12.8. The predicted molar refractivity (Wildman–Crippen MR) is 111 cm³/mol. The molecule has 1 atom stereocenters. The molecule has 1 heterocycles. The molecule has 32 heavy (non-hydrogen) atoms. The first-order valence-corrected chi connectivity index (χ1v) is 9.74. The van der Waals surface area contributed by atoms with Crippen molar-refractivity contribution in [2.45, 2.75) is 18.6 Å². The Hall–Kier alpha value is -3.04. The summed E-state index contributed by atoms with van der Waals surface area (Å²) in [6, 6.07) is 6.11. The van der Waals surface area contributed by atoms with Crippen LogP contribution in [-0.4, -0.2) is 16.0 Å². The molecule has 0 aliphatic heterocycles. The number of carbonyl (C=O) groups is 1. The van der Waals surface area contributed by atoms with Gasteiger partial charge in [-0.15, -0.1) is 0 Å². The topological polar surface area (TPSA) is 82.2 Å². The van der Waals surface area contributed by atoms with E-state index in [0.29, 0.717) is 17.7 Å². The number of amides is 1. The molecular weight excluding hydrogens is 475 g/mol. The van der Waals surface area contributed by atoms with Crippen LogP contribution in [-0.2, 0) is 12.6 Å². The molecule has 0 radical (unpaired) electrons. The first-order chi connectivity index (χ1) is 15.0. The summed E-state index contributed by atoms with van der Waals surface area (Å²) in [4.78, 5) is 26.1. The van der Waals surface area contributed by atoms with Crippen LogP contribution in [0.4, 0.5) is 17.6 Å². The van der Waals surface area contributed by atoms with Crippen LogP contribution < -0.4 is 10.9 Å². The molecule has 0 fully saturated rings. The second-order valence-electron chi connectivity index (χ2n) is 6.81. The first kappa shape index (κ1) is 23.6. The molecule has 0 bridgehead atoms. The molecule has 11 heteroatoms. The number of aromatic hydroxyl groups is 1. The standard InChI is InChI=1S/C21H14Cl2F4N2O3/c22-14-4-1-10(5-15(14)23)6-17(12-3-2-11(7-16(12)24)21(25,26)27)29-20(32)13-9-28-19(31)8-18(13)30/h1-5,7-9,17H,6H2,(H,29,32)(H2,28,30,31). The minimum Gasteiger partial charge on any atom is -0.507 e. The minimum atomic E-state index is -4.75. The molecule has 3 aromatic rings. The van der Waals surface area contributed by atoms with Crippen LogP contribution in [0.1, 0.15) is 33.1 Å². The maximum atomic E-state index is 14.7. The van der Waals surface area contributed by atoms with Crippen molar-refractivity contribution < 1.29 is 27.5 Å². The molecule has 0 saturated carbocycles. The molecule has 5 nitrogen and oxygen atoms in total. The number of H-pyrrole nitrogens is 1. The summed E-state index contributed by atoms with van der Waals surface area (Å²) in [5.74, 6) is -2.69. The van der Waals surface area contributed by atoms with Crippen molar-refractivity contribution in [2.75, 3.05) is 0 Å². The van der Waals surface area contributed by atoms with E-state index in [1.165, 1.54) is 12.1 Å².